The van der Waals surface area contributed by atoms with Crippen LogP contribution in [0.2, 0.25) is 0 Å². The highest BCUT2D eigenvalue weighted by molar-refractivity contribution is 7.17. The van der Waals surface area contributed by atoms with Crippen molar-refractivity contribution in [2.45, 2.75) is 12.8 Å². The molecule has 182 valence electrons. The number of nitrogens with one attached hydrogen (secondary N) is 1. The van der Waals surface area contributed by atoms with E-state index >= 15 is 0 Å². The molecule has 0 amide bonds. The second-order valence-electron chi connectivity index (χ2n) is 8.92. The quantitative estimate of drug-likeness (QED) is 0.268. The third kappa shape index (κ3) is 4.31. The molecule has 0 radical (unpaired) electrons. The van der Waals surface area contributed by atoms with E-state index in [2.05, 4.69) is 57.5 Å². The molecule has 3 aromatic carbocycles. The molecule has 1 aliphatic heterocycles. The smallest absolute Gasteiger partial charge is 0.354 e. The standard InChI is InChI=1S/C30H23N3O3S/c34-29-25(28(30(35)36)31-33(29)23-8-2-1-3-9-23)10-4-6-20-11-14-26-22(18-20)7-5-16-32(26)24-13-12-21-15-17-37-27(21)19-24/h1-3,6,8-15,17-19,31H,5,7,16H2,(H,35,36). The highest BCUT2D eigenvalue weighted by atomic mass is 32.1. The summed E-state index contributed by atoms with van der Waals surface area (Å²) < 4.78 is 2.52. The first kappa shape index (κ1) is 22.9. The Bertz CT molecular complexity index is 1750. The Morgan fingerprint density at radius 2 is 1.86 bits per heavy atom. The summed E-state index contributed by atoms with van der Waals surface area (Å²) in [5.74, 6) is -1.20. The fourth-order valence-electron chi connectivity index (χ4n) is 4.81. The van der Waals surface area contributed by atoms with Crippen LogP contribution in [0, 0.1) is 0 Å². The molecule has 0 spiro atoms. The zero-order valence-electron chi connectivity index (χ0n) is 19.8. The average Bonchev–Trinajstić information content (AvgIpc) is 3.53. The number of anilines is 2. The van der Waals surface area contributed by atoms with Crippen LogP contribution in [0.3, 0.4) is 0 Å². The van der Waals surface area contributed by atoms with Crippen LogP contribution in [0.5, 0.6) is 0 Å². The third-order valence-electron chi connectivity index (χ3n) is 6.61. The predicted molar refractivity (Wildman–Crippen MR) is 149 cm³/mol. The minimum Gasteiger partial charge on any atom is -0.477 e. The fourth-order valence-corrected chi connectivity index (χ4v) is 5.64. The van der Waals surface area contributed by atoms with E-state index in [9.17, 15) is 14.7 Å². The highest BCUT2D eigenvalue weighted by Crippen LogP contribution is 2.36. The summed E-state index contributed by atoms with van der Waals surface area (Å²) in [5.41, 5.74) is 7.65. The van der Waals surface area contributed by atoms with Gasteiger partial charge in [0.15, 0.2) is 5.69 Å². The van der Waals surface area contributed by atoms with Crippen LogP contribution in [0.4, 0.5) is 11.4 Å². The number of aryl methyl sites for hydroxylation is 1. The van der Waals surface area contributed by atoms with Crippen LogP contribution in [0.25, 0.3) is 27.9 Å². The number of aromatic nitrogens is 2. The lowest BCUT2D eigenvalue weighted by molar-refractivity contribution is 0.0689. The Kier molecular flexibility index (Phi) is 5.85. The molecule has 1 aliphatic rings. The first-order valence-corrected chi connectivity index (χ1v) is 12.9. The van der Waals surface area contributed by atoms with Crippen molar-refractivity contribution in [2.24, 2.45) is 0 Å². The molecule has 2 aromatic heterocycles. The molecule has 7 heteroatoms. The number of rotatable bonds is 5. The first-order chi connectivity index (χ1) is 18.1. The van der Waals surface area contributed by atoms with E-state index in [0.717, 1.165) is 24.9 Å². The largest absolute Gasteiger partial charge is 0.477 e. The van der Waals surface area contributed by atoms with Crippen molar-refractivity contribution in [2.75, 3.05) is 11.4 Å². The summed E-state index contributed by atoms with van der Waals surface area (Å²) in [6.45, 7) is 0.970. The normalized spacial score (nSPS) is 12.7. The van der Waals surface area contributed by atoms with E-state index in [1.807, 2.05) is 12.1 Å². The van der Waals surface area contributed by atoms with Gasteiger partial charge in [0.25, 0.3) is 5.56 Å². The van der Waals surface area contributed by atoms with Crippen molar-refractivity contribution in [3.05, 3.63) is 117 Å². The van der Waals surface area contributed by atoms with Crippen molar-refractivity contribution in [3.8, 4) is 5.69 Å². The Morgan fingerprint density at radius 3 is 2.70 bits per heavy atom. The van der Waals surface area contributed by atoms with E-state index < -0.39 is 11.5 Å². The van der Waals surface area contributed by atoms with Gasteiger partial charge in [0.1, 0.15) is 0 Å². The van der Waals surface area contributed by atoms with Crippen molar-refractivity contribution in [1.29, 1.82) is 0 Å². The molecule has 37 heavy (non-hydrogen) atoms. The second kappa shape index (κ2) is 9.47. The second-order valence-corrected chi connectivity index (χ2v) is 9.87. The van der Waals surface area contributed by atoms with Gasteiger partial charge in [0, 0.05) is 22.6 Å². The van der Waals surface area contributed by atoms with Gasteiger partial charge in [-0.2, -0.15) is 0 Å². The van der Waals surface area contributed by atoms with Gasteiger partial charge in [-0.3, -0.25) is 9.89 Å². The summed E-state index contributed by atoms with van der Waals surface area (Å²) in [6.07, 6.45) is 5.26. The van der Waals surface area contributed by atoms with Crippen molar-refractivity contribution in [3.63, 3.8) is 0 Å². The molecule has 5 aromatic rings. The van der Waals surface area contributed by atoms with E-state index in [0.29, 0.717) is 5.69 Å². The van der Waals surface area contributed by atoms with Crippen molar-refractivity contribution < 1.29 is 9.90 Å². The molecule has 2 N–H and O–H groups in total. The van der Waals surface area contributed by atoms with Crippen molar-refractivity contribution in [1.82, 2.24) is 9.78 Å². The van der Waals surface area contributed by atoms with Gasteiger partial charge in [-0.15, -0.1) is 17.1 Å². The number of para-hydroxylation sites is 1. The molecule has 6 nitrogen and oxygen atoms in total. The van der Waals surface area contributed by atoms with Crippen LogP contribution in [0.1, 0.15) is 33.6 Å². The summed E-state index contributed by atoms with van der Waals surface area (Å²) in [4.78, 5) is 27.1. The molecule has 0 saturated carbocycles. The molecule has 6 rings (SSSR count). The van der Waals surface area contributed by atoms with Crippen LogP contribution < -0.4 is 10.5 Å². The van der Waals surface area contributed by atoms with Crippen LogP contribution in [-0.2, 0) is 6.42 Å². The van der Waals surface area contributed by atoms with E-state index in [1.54, 1.807) is 41.7 Å². The number of carboxylic acid groups (broad SMARTS) is 1. The SMILES string of the molecule is O=C(O)c1[nH]n(-c2ccccc2)c(=O)c1C=C=Cc1ccc2c(c1)CCCN2c1ccc2ccsc2c1. The maximum atomic E-state index is 12.9. The Labute approximate surface area is 217 Å². The molecular formula is C30H23N3O3S. The monoisotopic (exact) mass is 505 g/mol. The number of aromatic carboxylic acids is 1. The number of thiophene rings is 1. The average molecular weight is 506 g/mol. The summed E-state index contributed by atoms with van der Waals surface area (Å²) >= 11 is 1.75. The van der Waals surface area contributed by atoms with E-state index in [1.165, 1.54) is 37.8 Å². The lowest BCUT2D eigenvalue weighted by Crippen LogP contribution is -2.24. The van der Waals surface area contributed by atoms with Crippen LogP contribution in [0.15, 0.2) is 88.7 Å². The molecule has 0 aliphatic carbocycles. The van der Waals surface area contributed by atoms with E-state index in [4.69, 9.17) is 0 Å². The Balaban J connectivity index is 1.31. The number of fused-ring (bicyclic) bond motifs is 2. The van der Waals surface area contributed by atoms with Gasteiger partial charge >= 0.3 is 5.97 Å². The third-order valence-corrected chi connectivity index (χ3v) is 7.49. The molecular weight excluding hydrogens is 482 g/mol. The number of carbonyl (C=O) groups is 1. The molecule has 0 saturated heterocycles. The number of carboxylic acids is 1. The number of hydrogen-bond donors (Lipinski definition) is 2. The lowest BCUT2D eigenvalue weighted by atomic mass is 9.98. The minimum absolute atomic E-state index is 0.0562. The zero-order chi connectivity index (χ0) is 25.4. The molecule has 0 fully saturated rings. The molecule has 0 unspecified atom stereocenters. The van der Waals surface area contributed by atoms with Gasteiger partial charge in [0.2, 0.25) is 0 Å². The minimum atomic E-state index is -1.20. The molecule has 3 heterocycles. The fraction of sp³-hybridized carbons (Fsp3) is 0.100. The zero-order valence-corrected chi connectivity index (χ0v) is 20.7. The van der Waals surface area contributed by atoms with Gasteiger partial charge in [0.05, 0.1) is 11.3 Å². The maximum absolute atomic E-state index is 12.9. The Hall–Kier alpha value is -4.58. The number of aromatic amines is 1. The highest BCUT2D eigenvalue weighted by Gasteiger charge is 2.20. The number of benzene rings is 3. The first-order valence-electron chi connectivity index (χ1n) is 12.0. The van der Waals surface area contributed by atoms with Gasteiger partial charge in [-0.05, 0) is 89.4 Å². The van der Waals surface area contributed by atoms with Gasteiger partial charge in [-0.25, -0.2) is 9.48 Å². The summed E-state index contributed by atoms with van der Waals surface area (Å²) in [5, 5.41) is 15.7. The number of H-pyrrole nitrogens is 1. The number of nitrogens with zero attached hydrogens (tertiary/aromatic N) is 2. The maximum Gasteiger partial charge on any atom is 0.354 e. The van der Waals surface area contributed by atoms with Crippen molar-refractivity contribution >= 4 is 50.9 Å². The summed E-state index contributed by atoms with van der Waals surface area (Å²) in [7, 11) is 0. The topological polar surface area (TPSA) is 78.3 Å². The lowest BCUT2D eigenvalue weighted by Gasteiger charge is -2.31. The molecule has 0 bridgehead atoms. The predicted octanol–water partition coefficient (Wildman–Crippen LogP) is 6.49. The van der Waals surface area contributed by atoms with Crippen LogP contribution in [-0.4, -0.2) is 27.4 Å². The van der Waals surface area contributed by atoms with Gasteiger partial charge in [-0.1, -0.05) is 30.3 Å². The molecule has 0 atom stereocenters. The Morgan fingerprint density at radius 1 is 1.00 bits per heavy atom. The summed E-state index contributed by atoms with van der Waals surface area (Å²) in [6, 6.07) is 23.9. The number of hydrogen-bond acceptors (Lipinski definition) is 4. The van der Waals surface area contributed by atoms with Gasteiger partial charge < -0.3 is 10.0 Å². The van der Waals surface area contributed by atoms with Crippen LogP contribution >= 0.6 is 11.3 Å². The van der Waals surface area contributed by atoms with E-state index in [-0.39, 0.29) is 11.3 Å².